The summed E-state index contributed by atoms with van der Waals surface area (Å²) >= 11 is 0. The molecule has 2 N–H and O–H groups in total. The molecule has 0 aliphatic carbocycles. The number of aromatic nitrogens is 3. The first-order chi connectivity index (χ1) is 8.97. The van der Waals surface area contributed by atoms with Crippen LogP contribution in [0.15, 0.2) is 18.2 Å². The lowest BCUT2D eigenvalue weighted by molar-refractivity contribution is 0.101. The Hall–Kier alpha value is -2.37. The molecule has 0 fully saturated rings. The molecular formula is C13H17N5O. The van der Waals surface area contributed by atoms with E-state index >= 15 is 0 Å². The maximum absolute atomic E-state index is 12.0. The Morgan fingerprint density at radius 2 is 2.00 bits per heavy atom. The second kappa shape index (κ2) is 5.09. The lowest BCUT2D eigenvalue weighted by Crippen LogP contribution is -2.14. The Morgan fingerprint density at radius 1 is 1.26 bits per heavy atom. The Balaban J connectivity index is 2.13. The van der Waals surface area contributed by atoms with E-state index in [0.29, 0.717) is 5.95 Å². The van der Waals surface area contributed by atoms with E-state index in [1.807, 2.05) is 46.1 Å². The van der Waals surface area contributed by atoms with E-state index < -0.39 is 0 Å². The van der Waals surface area contributed by atoms with E-state index in [-0.39, 0.29) is 11.7 Å². The highest BCUT2D eigenvalue weighted by Gasteiger charge is 2.13. The summed E-state index contributed by atoms with van der Waals surface area (Å²) in [4.78, 5) is 17.8. The minimum atomic E-state index is -0.302. The van der Waals surface area contributed by atoms with Crippen LogP contribution in [0.2, 0.25) is 0 Å². The second-order valence-corrected chi connectivity index (χ2v) is 4.63. The molecule has 0 radical (unpaired) electrons. The number of benzene rings is 1. The molecule has 0 spiro atoms. The summed E-state index contributed by atoms with van der Waals surface area (Å²) in [6.45, 7) is 4.03. The lowest BCUT2D eigenvalue weighted by Gasteiger charge is -2.06. The van der Waals surface area contributed by atoms with Crippen molar-refractivity contribution in [2.45, 2.75) is 13.8 Å². The molecule has 0 saturated heterocycles. The van der Waals surface area contributed by atoms with Crippen LogP contribution < -0.4 is 10.2 Å². The van der Waals surface area contributed by atoms with Gasteiger partial charge in [-0.1, -0.05) is 6.07 Å². The highest BCUT2D eigenvalue weighted by molar-refractivity contribution is 6.01. The summed E-state index contributed by atoms with van der Waals surface area (Å²) in [6.07, 6.45) is 0. The number of amides is 1. The molecule has 6 heteroatoms. The molecule has 1 aromatic heterocycles. The van der Waals surface area contributed by atoms with E-state index in [2.05, 4.69) is 20.5 Å². The summed E-state index contributed by atoms with van der Waals surface area (Å²) in [7, 11) is 3.63. The third kappa shape index (κ3) is 2.90. The van der Waals surface area contributed by atoms with Gasteiger partial charge in [-0.2, -0.15) is 4.98 Å². The van der Waals surface area contributed by atoms with Gasteiger partial charge in [-0.05, 0) is 37.1 Å². The van der Waals surface area contributed by atoms with Gasteiger partial charge in [0.1, 0.15) is 0 Å². The maximum Gasteiger partial charge on any atom is 0.293 e. The lowest BCUT2D eigenvalue weighted by atomic mass is 10.1. The standard InChI is InChI=1S/C13H17N5O/c1-8-5-6-10(7-9(8)2)14-12(19)11-15-13(17-16-11)18(3)4/h5-7H,1-4H3,(H,14,19)(H,15,16,17). The first-order valence-corrected chi connectivity index (χ1v) is 5.95. The minimum absolute atomic E-state index is 0.196. The van der Waals surface area contributed by atoms with Crippen LogP contribution in [-0.2, 0) is 0 Å². The zero-order valence-electron chi connectivity index (χ0n) is 11.5. The molecule has 0 saturated carbocycles. The van der Waals surface area contributed by atoms with Crippen molar-refractivity contribution in [3.63, 3.8) is 0 Å². The molecule has 1 heterocycles. The Labute approximate surface area is 111 Å². The Kier molecular flexibility index (Phi) is 3.50. The van der Waals surface area contributed by atoms with E-state index in [1.54, 1.807) is 4.90 Å². The van der Waals surface area contributed by atoms with Crippen molar-refractivity contribution in [3.8, 4) is 0 Å². The van der Waals surface area contributed by atoms with E-state index in [9.17, 15) is 4.79 Å². The topological polar surface area (TPSA) is 73.9 Å². The predicted octanol–water partition coefficient (Wildman–Crippen LogP) is 1.74. The number of hydrogen-bond donors (Lipinski definition) is 2. The van der Waals surface area contributed by atoms with Gasteiger partial charge in [0.25, 0.3) is 5.91 Å². The van der Waals surface area contributed by atoms with Gasteiger partial charge in [0, 0.05) is 19.8 Å². The number of rotatable bonds is 3. The number of aryl methyl sites for hydroxylation is 2. The van der Waals surface area contributed by atoms with Crippen molar-refractivity contribution in [2.24, 2.45) is 0 Å². The van der Waals surface area contributed by atoms with Gasteiger partial charge in [-0.25, -0.2) is 0 Å². The number of H-pyrrole nitrogens is 1. The fourth-order valence-electron chi connectivity index (χ4n) is 1.56. The molecular weight excluding hydrogens is 242 g/mol. The number of hydrogen-bond acceptors (Lipinski definition) is 4. The average Bonchev–Trinajstić information content (AvgIpc) is 2.83. The van der Waals surface area contributed by atoms with Crippen molar-refractivity contribution in [2.75, 3.05) is 24.3 Å². The number of carbonyl (C=O) groups is 1. The molecule has 0 aliphatic rings. The number of aromatic amines is 1. The number of anilines is 2. The van der Waals surface area contributed by atoms with Gasteiger partial charge in [0.15, 0.2) is 0 Å². The molecule has 6 nitrogen and oxygen atoms in total. The second-order valence-electron chi connectivity index (χ2n) is 4.63. The summed E-state index contributed by atoms with van der Waals surface area (Å²) in [5.74, 6) is 0.371. The van der Waals surface area contributed by atoms with Gasteiger partial charge in [-0.15, -0.1) is 5.10 Å². The van der Waals surface area contributed by atoms with Crippen molar-refractivity contribution >= 4 is 17.5 Å². The van der Waals surface area contributed by atoms with Crippen LogP contribution in [0, 0.1) is 13.8 Å². The van der Waals surface area contributed by atoms with Crippen LogP contribution in [0.5, 0.6) is 0 Å². The largest absolute Gasteiger partial charge is 0.346 e. The quantitative estimate of drug-likeness (QED) is 0.880. The van der Waals surface area contributed by atoms with Crippen LogP contribution in [0.4, 0.5) is 11.6 Å². The predicted molar refractivity (Wildman–Crippen MR) is 74.6 cm³/mol. The molecule has 1 amide bonds. The van der Waals surface area contributed by atoms with Crippen molar-refractivity contribution in [1.29, 1.82) is 0 Å². The van der Waals surface area contributed by atoms with Gasteiger partial charge in [-0.3, -0.25) is 9.89 Å². The fourth-order valence-corrected chi connectivity index (χ4v) is 1.56. The van der Waals surface area contributed by atoms with Gasteiger partial charge < -0.3 is 10.2 Å². The van der Waals surface area contributed by atoms with Crippen molar-refractivity contribution in [3.05, 3.63) is 35.2 Å². The minimum Gasteiger partial charge on any atom is -0.346 e. The van der Waals surface area contributed by atoms with Gasteiger partial charge in [0.05, 0.1) is 0 Å². The van der Waals surface area contributed by atoms with Crippen LogP contribution >= 0.6 is 0 Å². The fraction of sp³-hybridized carbons (Fsp3) is 0.308. The van der Waals surface area contributed by atoms with Crippen LogP contribution in [0.3, 0.4) is 0 Å². The average molecular weight is 259 g/mol. The first kappa shape index (κ1) is 13.1. The molecule has 0 atom stereocenters. The zero-order valence-corrected chi connectivity index (χ0v) is 11.5. The summed E-state index contributed by atoms with van der Waals surface area (Å²) in [6, 6.07) is 5.76. The maximum atomic E-state index is 12.0. The summed E-state index contributed by atoms with van der Waals surface area (Å²) in [5.41, 5.74) is 3.06. The van der Waals surface area contributed by atoms with E-state index in [0.717, 1.165) is 11.3 Å². The Morgan fingerprint density at radius 3 is 2.58 bits per heavy atom. The highest BCUT2D eigenvalue weighted by atomic mass is 16.2. The van der Waals surface area contributed by atoms with E-state index in [4.69, 9.17) is 0 Å². The van der Waals surface area contributed by atoms with Gasteiger partial charge >= 0.3 is 0 Å². The zero-order chi connectivity index (χ0) is 14.0. The smallest absolute Gasteiger partial charge is 0.293 e. The molecule has 2 aromatic rings. The van der Waals surface area contributed by atoms with Crippen LogP contribution in [0.25, 0.3) is 0 Å². The van der Waals surface area contributed by atoms with Crippen molar-refractivity contribution < 1.29 is 4.79 Å². The Bertz CT molecular complexity index is 603. The molecule has 0 bridgehead atoms. The molecule has 1 aromatic carbocycles. The molecule has 0 aliphatic heterocycles. The molecule has 0 unspecified atom stereocenters. The molecule has 19 heavy (non-hydrogen) atoms. The number of nitrogens with one attached hydrogen (secondary N) is 2. The third-order valence-electron chi connectivity index (χ3n) is 2.85. The highest BCUT2D eigenvalue weighted by Crippen LogP contribution is 2.15. The van der Waals surface area contributed by atoms with Crippen molar-refractivity contribution in [1.82, 2.24) is 15.2 Å². The van der Waals surface area contributed by atoms with Crippen LogP contribution in [-0.4, -0.2) is 35.2 Å². The summed E-state index contributed by atoms with van der Waals surface area (Å²) < 4.78 is 0. The third-order valence-corrected chi connectivity index (χ3v) is 2.85. The molecule has 2 rings (SSSR count). The molecule has 100 valence electrons. The SMILES string of the molecule is Cc1ccc(NC(=O)c2nc(N(C)C)n[nH]2)cc1C. The summed E-state index contributed by atoms with van der Waals surface area (Å²) in [5, 5.41) is 9.34. The number of carbonyl (C=O) groups excluding carboxylic acids is 1. The normalized spacial score (nSPS) is 10.3. The monoisotopic (exact) mass is 259 g/mol. The van der Waals surface area contributed by atoms with Gasteiger partial charge in [0.2, 0.25) is 11.8 Å². The first-order valence-electron chi connectivity index (χ1n) is 5.95. The van der Waals surface area contributed by atoms with E-state index in [1.165, 1.54) is 5.56 Å². The van der Waals surface area contributed by atoms with Crippen LogP contribution in [0.1, 0.15) is 21.7 Å². The number of nitrogens with zero attached hydrogens (tertiary/aromatic N) is 3.